The van der Waals surface area contributed by atoms with E-state index >= 15 is 0 Å². The van der Waals surface area contributed by atoms with Gasteiger partial charge in [-0.05, 0) is 43.7 Å². The zero-order valence-electron chi connectivity index (χ0n) is 17.7. The molecule has 166 valence electrons. The number of non-ortho nitro benzene ring substituents is 1. The average Bonchev–Trinajstić information content (AvgIpc) is 3.21. The number of thioether (sulfide) groups is 1. The number of benzene rings is 2. The molecular formula is C22H22N4O5S. The number of hydrogen-bond acceptors (Lipinski definition) is 7. The van der Waals surface area contributed by atoms with E-state index in [2.05, 4.69) is 10.3 Å². The van der Waals surface area contributed by atoms with E-state index in [0.29, 0.717) is 36.8 Å². The minimum atomic E-state index is -0.460. The summed E-state index contributed by atoms with van der Waals surface area (Å²) in [4.78, 5) is 27.4. The van der Waals surface area contributed by atoms with Crippen molar-refractivity contribution in [3.8, 4) is 22.8 Å². The van der Waals surface area contributed by atoms with Crippen LogP contribution in [0.1, 0.15) is 12.5 Å². The van der Waals surface area contributed by atoms with Crippen LogP contribution in [-0.4, -0.2) is 39.3 Å². The number of aromatic nitrogens is 2. The van der Waals surface area contributed by atoms with Crippen LogP contribution in [0.3, 0.4) is 0 Å². The molecule has 2 heterocycles. The number of rotatable bonds is 7. The summed E-state index contributed by atoms with van der Waals surface area (Å²) in [6, 6.07) is 10.2. The van der Waals surface area contributed by atoms with Crippen molar-refractivity contribution in [2.24, 2.45) is 0 Å². The van der Waals surface area contributed by atoms with Gasteiger partial charge in [-0.2, -0.15) is 0 Å². The predicted molar refractivity (Wildman–Crippen MR) is 122 cm³/mol. The second-order valence-electron chi connectivity index (χ2n) is 7.12. The zero-order valence-corrected chi connectivity index (χ0v) is 18.5. The van der Waals surface area contributed by atoms with E-state index in [9.17, 15) is 14.9 Å². The van der Waals surface area contributed by atoms with Gasteiger partial charge in [-0.3, -0.25) is 14.9 Å². The Bertz CT molecular complexity index is 1180. The van der Waals surface area contributed by atoms with Gasteiger partial charge in [0.15, 0.2) is 16.7 Å². The van der Waals surface area contributed by atoms with Crippen LogP contribution in [0, 0.1) is 17.0 Å². The van der Waals surface area contributed by atoms with E-state index in [4.69, 9.17) is 9.47 Å². The Hall–Kier alpha value is -3.53. The molecule has 1 aliphatic rings. The van der Waals surface area contributed by atoms with Gasteiger partial charge in [0.1, 0.15) is 13.2 Å². The maximum Gasteiger partial charge on any atom is 0.269 e. The summed E-state index contributed by atoms with van der Waals surface area (Å²) < 4.78 is 13.3. The molecule has 32 heavy (non-hydrogen) atoms. The molecule has 0 aliphatic carbocycles. The third-order valence-corrected chi connectivity index (χ3v) is 5.99. The van der Waals surface area contributed by atoms with Crippen LogP contribution in [-0.2, 0) is 11.3 Å². The van der Waals surface area contributed by atoms with Gasteiger partial charge < -0.3 is 19.4 Å². The van der Waals surface area contributed by atoms with Crippen LogP contribution in [0.2, 0.25) is 0 Å². The predicted octanol–water partition coefficient (Wildman–Crippen LogP) is 4.29. The third-order valence-electron chi connectivity index (χ3n) is 5.00. The molecule has 1 N–H and O–H groups in total. The first-order valence-corrected chi connectivity index (χ1v) is 11.1. The van der Waals surface area contributed by atoms with Crippen LogP contribution in [0.4, 0.5) is 11.4 Å². The highest BCUT2D eigenvalue weighted by atomic mass is 32.2. The van der Waals surface area contributed by atoms with Crippen molar-refractivity contribution in [3.63, 3.8) is 0 Å². The second kappa shape index (κ2) is 9.31. The summed E-state index contributed by atoms with van der Waals surface area (Å²) >= 11 is 1.33. The first-order chi connectivity index (χ1) is 15.5. The number of carbonyl (C=O) groups excluding carboxylic acids is 1. The van der Waals surface area contributed by atoms with Gasteiger partial charge >= 0.3 is 0 Å². The highest BCUT2D eigenvalue weighted by Gasteiger charge is 2.17. The molecule has 2 aromatic carbocycles. The van der Waals surface area contributed by atoms with Gasteiger partial charge in [0.2, 0.25) is 5.91 Å². The molecule has 0 bridgehead atoms. The zero-order chi connectivity index (χ0) is 22.7. The van der Waals surface area contributed by atoms with Crippen molar-refractivity contribution in [2.45, 2.75) is 25.5 Å². The summed E-state index contributed by atoms with van der Waals surface area (Å²) in [6.45, 7) is 5.50. The first-order valence-electron chi connectivity index (χ1n) is 10.1. The van der Waals surface area contributed by atoms with Gasteiger partial charge in [-0.15, -0.1) is 0 Å². The molecule has 1 aliphatic heterocycles. The molecule has 0 spiro atoms. The minimum absolute atomic E-state index is 0.00785. The Morgan fingerprint density at radius 1 is 1.22 bits per heavy atom. The third kappa shape index (κ3) is 4.54. The number of nitrogens with one attached hydrogen (secondary N) is 1. The molecule has 10 heteroatoms. The number of nitro groups is 1. The van der Waals surface area contributed by atoms with E-state index in [-0.39, 0.29) is 17.3 Å². The highest BCUT2D eigenvalue weighted by Crippen LogP contribution is 2.35. The summed E-state index contributed by atoms with van der Waals surface area (Å²) in [5.41, 5.74) is 3.07. The van der Waals surface area contributed by atoms with Crippen LogP contribution < -0.4 is 14.8 Å². The number of carbonyl (C=O) groups is 1. The Morgan fingerprint density at radius 3 is 2.72 bits per heavy atom. The summed E-state index contributed by atoms with van der Waals surface area (Å²) in [7, 11) is 0. The normalized spacial score (nSPS) is 12.4. The molecule has 0 saturated heterocycles. The summed E-state index contributed by atoms with van der Waals surface area (Å²) in [5, 5.41) is 14.4. The van der Waals surface area contributed by atoms with Crippen LogP contribution in [0.15, 0.2) is 47.8 Å². The monoisotopic (exact) mass is 454 g/mol. The Morgan fingerprint density at radius 2 is 2.00 bits per heavy atom. The SMILES string of the molecule is CCn1c(-c2ccc3c(c2)OCCO3)cnc1SCC(=O)Nc1ccc([N+](=O)[O-])cc1C. The summed E-state index contributed by atoms with van der Waals surface area (Å²) in [5.74, 6) is 1.40. The van der Waals surface area contributed by atoms with Crippen LogP contribution >= 0.6 is 11.8 Å². The number of aryl methyl sites for hydroxylation is 1. The number of hydrogen-bond donors (Lipinski definition) is 1. The number of amides is 1. The Balaban J connectivity index is 1.45. The largest absolute Gasteiger partial charge is 0.486 e. The van der Waals surface area contributed by atoms with Crippen molar-refractivity contribution >= 4 is 29.0 Å². The molecule has 0 fully saturated rings. The molecule has 9 nitrogen and oxygen atoms in total. The van der Waals surface area contributed by atoms with Crippen LogP contribution in [0.25, 0.3) is 11.3 Å². The van der Waals surface area contributed by atoms with Gasteiger partial charge in [0.05, 0.1) is 22.6 Å². The number of imidazole rings is 1. The van der Waals surface area contributed by atoms with E-state index in [1.807, 2.05) is 29.7 Å². The molecule has 1 aromatic heterocycles. The Labute approximate surface area is 188 Å². The van der Waals surface area contributed by atoms with Crippen molar-refractivity contribution in [1.29, 1.82) is 0 Å². The first kappa shape index (κ1) is 21.7. The van der Waals surface area contributed by atoms with Crippen molar-refractivity contribution < 1.29 is 19.2 Å². The van der Waals surface area contributed by atoms with Crippen molar-refractivity contribution in [1.82, 2.24) is 9.55 Å². The smallest absolute Gasteiger partial charge is 0.269 e. The average molecular weight is 455 g/mol. The van der Waals surface area contributed by atoms with E-state index < -0.39 is 4.92 Å². The second-order valence-corrected chi connectivity index (χ2v) is 8.06. The lowest BCUT2D eigenvalue weighted by molar-refractivity contribution is -0.384. The van der Waals surface area contributed by atoms with Gasteiger partial charge in [0, 0.05) is 29.9 Å². The maximum atomic E-state index is 12.5. The molecular weight excluding hydrogens is 432 g/mol. The molecule has 0 unspecified atom stereocenters. The van der Waals surface area contributed by atoms with Crippen LogP contribution in [0.5, 0.6) is 11.5 Å². The maximum absolute atomic E-state index is 12.5. The number of ether oxygens (including phenoxy) is 2. The molecule has 0 saturated carbocycles. The number of fused-ring (bicyclic) bond motifs is 1. The lowest BCUT2D eigenvalue weighted by Gasteiger charge is -2.19. The Kier molecular flexibility index (Phi) is 6.31. The fourth-order valence-electron chi connectivity index (χ4n) is 3.43. The van der Waals surface area contributed by atoms with Crippen molar-refractivity contribution in [3.05, 3.63) is 58.3 Å². The van der Waals surface area contributed by atoms with Crippen molar-refractivity contribution in [2.75, 3.05) is 24.3 Å². The molecule has 1 amide bonds. The fourth-order valence-corrected chi connectivity index (χ4v) is 4.27. The highest BCUT2D eigenvalue weighted by molar-refractivity contribution is 7.99. The lowest BCUT2D eigenvalue weighted by atomic mass is 10.1. The number of nitro benzene ring substituents is 1. The number of anilines is 1. The molecule has 0 atom stereocenters. The van der Waals surface area contributed by atoms with Gasteiger partial charge in [-0.25, -0.2) is 4.98 Å². The van der Waals surface area contributed by atoms with E-state index in [1.165, 1.54) is 23.9 Å². The molecule has 4 rings (SSSR count). The fraction of sp³-hybridized carbons (Fsp3) is 0.273. The quantitative estimate of drug-likeness (QED) is 0.322. The van der Waals surface area contributed by atoms with Gasteiger partial charge in [0.25, 0.3) is 5.69 Å². The topological polar surface area (TPSA) is 109 Å². The molecule has 0 radical (unpaired) electrons. The molecule has 3 aromatic rings. The van der Waals surface area contributed by atoms with Gasteiger partial charge in [-0.1, -0.05) is 11.8 Å². The number of nitrogens with zero attached hydrogens (tertiary/aromatic N) is 3. The lowest BCUT2D eigenvalue weighted by Crippen LogP contribution is -2.15. The van der Waals surface area contributed by atoms with E-state index in [1.54, 1.807) is 19.2 Å². The minimum Gasteiger partial charge on any atom is -0.486 e. The standard InChI is InChI=1S/C22H22N4O5S/c1-3-25-18(15-4-7-19-20(11-15)31-9-8-30-19)12-23-22(25)32-13-21(27)24-17-6-5-16(26(28)29)10-14(17)2/h4-7,10-12H,3,8-9,13H2,1-2H3,(H,24,27). The van der Waals surface area contributed by atoms with E-state index in [0.717, 1.165) is 22.2 Å². The summed E-state index contributed by atoms with van der Waals surface area (Å²) in [6.07, 6.45) is 1.79.